The number of anilines is 2. The van der Waals surface area contributed by atoms with E-state index < -0.39 is 0 Å². The van der Waals surface area contributed by atoms with E-state index >= 15 is 0 Å². The summed E-state index contributed by atoms with van der Waals surface area (Å²) in [5.74, 6) is 2.12. The van der Waals surface area contributed by atoms with Gasteiger partial charge in [0.15, 0.2) is 11.5 Å². The molecule has 164 valence electrons. The summed E-state index contributed by atoms with van der Waals surface area (Å²) in [6, 6.07) is 9.11. The molecule has 0 radical (unpaired) electrons. The summed E-state index contributed by atoms with van der Waals surface area (Å²) in [6.45, 7) is 8.05. The number of benzene rings is 2. The van der Waals surface area contributed by atoms with Crippen LogP contribution in [0.15, 0.2) is 36.7 Å². The molecule has 2 aromatic carbocycles. The van der Waals surface area contributed by atoms with Crippen LogP contribution in [0, 0.1) is 6.92 Å². The van der Waals surface area contributed by atoms with Gasteiger partial charge >= 0.3 is 0 Å². The van der Waals surface area contributed by atoms with Gasteiger partial charge in [-0.1, -0.05) is 6.07 Å². The number of morpholine rings is 1. The first-order valence-corrected chi connectivity index (χ1v) is 10.4. The predicted octanol–water partition coefficient (Wildman–Crippen LogP) is 3.50. The topological polar surface area (TPSA) is 89.0 Å². The molecule has 0 saturated carbocycles. The van der Waals surface area contributed by atoms with E-state index in [4.69, 9.17) is 14.2 Å². The van der Waals surface area contributed by atoms with E-state index in [1.807, 2.05) is 25.1 Å². The van der Waals surface area contributed by atoms with E-state index in [1.165, 1.54) is 6.33 Å². The lowest BCUT2D eigenvalue weighted by molar-refractivity contribution is 0.0216. The van der Waals surface area contributed by atoms with Crippen LogP contribution in [0.1, 0.15) is 12.5 Å². The van der Waals surface area contributed by atoms with Crippen molar-refractivity contribution in [3.63, 3.8) is 0 Å². The van der Waals surface area contributed by atoms with Crippen molar-refractivity contribution >= 4 is 22.4 Å². The minimum atomic E-state index is -0.0289. The van der Waals surface area contributed by atoms with Crippen LogP contribution in [0.4, 0.5) is 11.5 Å². The van der Waals surface area contributed by atoms with Crippen molar-refractivity contribution in [3.8, 4) is 17.2 Å². The highest BCUT2D eigenvalue weighted by atomic mass is 16.5. The van der Waals surface area contributed by atoms with Crippen LogP contribution in [0.2, 0.25) is 0 Å². The summed E-state index contributed by atoms with van der Waals surface area (Å²) in [5.41, 5.74) is 2.26. The first-order chi connectivity index (χ1) is 15.0. The summed E-state index contributed by atoms with van der Waals surface area (Å²) in [5, 5.41) is 14.1. The zero-order valence-corrected chi connectivity index (χ0v) is 18.1. The number of hydrogen-bond donors (Lipinski definition) is 2. The molecule has 1 aliphatic heterocycles. The molecule has 2 N–H and O–H groups in total. The Kier molecular flexibility index (Phi) is 6.39. The molecule has 1 aliphatic rings. The third-order valence-electron chi connectivity index (χ3n) is 5.43. The number of phenols is 1. The maximum absolute atomic E-state index is 10.0. The van der Waals surface area contributed by atoms with Gasteiger partial charge in [-0.15, -0.1) is 0 Å². The van der Waals surface area contributed by atoms with Gasteiger partial charge in [0.1, 0.15) is 24.0 Å². The monoisotopic (exact) mass is 424 g/mol. The van der Waals surface area contributed by atoms with Crippen molar-refractivity contribution in [3.05, 3.63) is 42.2 Å². The van der Waals surface area contributed by atoms with Crippen LogP contribution in [0.25, 0.3) is 10.9 Å². The Labute approximate surface area is 181 Å². The van der Waals surface area contributed by atoms with Gasteiger partial charge in [0, 0.05) is 42.3 Å². The van der Waals surface area contributed by atoms with E-state index in [1.54, 1.807) is 19.2 Å². The highest BCUT2D eigenvalue weighted by molar-refractivity contribution is 5.93. The Bertz CT molecular complexity index is 1050. The van der Waals surface area contributed by atoms with Crippen molar-refractivity contribution in [2.45, 2.75) is 20.0 Å². The molecular formula is C23H28N4O4. The van der Waals surface area contributed by atoms with Crippen molar-refractivity contribution in [1.29, 1.82) is 0 Å². The van der Waals surface area contributed by atoms with Gasteiger partial charge in [-0.2, -0.15) is 0 Å². The molecule has 1 saturated heterocycles. The van der Waals surface area contributed by atoms with Crippen molar-refractivity contribution in [1.82, 2.24) is 14.9 Å². The van der Waals surface area contributed by atoms with Crippen molar-refractivity contribution in [2.75, 3.05) is 45.3 Å². The molecule has 0 amide bonds. The highest BCUT2D eigenvalue weighted by Gasteiger charge is 2.18. The molecule has 3 aromatic rings. The number of phenolic OH excluding ortho intramolecular Hbond substituents is 1. The number of nitrogens with one attached hydrogen (secondary N) is 1. The van der Waals surface area contributed by atoms with Gasteiger partial charge in [-0.25, -0.2) is 9.97 Å². The molecule has 1 unspecified atom stereocenters. The van der Waals surface area contributed by atoms with Crippen LogP contribution in [-0.2, 0) is 4.74 Å². The first kappa shape index (κ1) is 21.1. The second-order valence-corrected chi connectivity index (χ2v) is 7.66. The average Bonchev–Trinajstić information content (AvgIpc) is 2.77. The van der Waals surface area contributed by atoms with E-state index in [2.05, 4.69) is 27.1 Å². The van der Waals surface area contributed by atoms with Crippen LogP contribution < -0.4 is 14.8 Å². The van der Waals surface area contributed by atoms with Gasteiger partial charge in [0.2, 0.25) is 0 Å². The Hall–Kier alpha value is -3.10. The Morgan fingerprint density at radius 1 is 1.19 bits per heavy atom. The van der Waals surface area contributed by atoms with E-state index in [0.29, 0.717) is 17.3 Å². The molecular weight excluding hydrogens is 396 g/mol. The Balaban J connectivity index is 1.62. The van der Waals surface area contributed by atoms with Gasteiger partial charge < -0.3 is 24.6 Å². The molecule has 31 heavy (non-hydrogen) atoms. The minimum absolute atomic E-state index is 0.0289. The normalized spacial score (nSPS) is 15.6. The SMILES string of the molecule is COc1cc2ncnc(Nc3cccc(O)c3C)c2cc1OC(C)CN1CCOCC1. The number of methoxy groups -OCH3 is 1. The molecule has 1 aromatic heterocycles. The predicted molar refractivity (Wildman–Crippen MR) is 120 cm³/mol. The summed E-state index contributed by atoms with van der Waals surface area (Å²) >= 11 is 0. The van der Waals surface area contributed by atoms with Gasteiger partial charge in [0.25, 0.3) is 0 Å². The first-order valence-electron chi connectivity index (χ1n) is 10.4. The zero-order valence-electron chi connectivity index (χ0n) is 18.1. The highest BCUT2D eigenvalue weighted by Crippen LogP contribution is 2.36. The van der Waals surface area contributed by atoms with Gasteiger partial charge in [-0.05, 0) is 32.0 Å². The molecule has 0 aliphatic carbocycles. The lowest BCUT2D eigenvalue weighted by Crippen LogP contribution is -2.41. The Morgan fingerprint density at radius 2 is 2.00 bits per heavy atom. The zero-order chi connectivity index (χ0) is 21.8. The second-order valence-electron chi connectivity index (χ2n) is 7.66. The lowest BCUT2D eigenvalue weighted by atomic mass is 10.1. The third-order valence-corrected chi connectivity index (χ3v) is 5.43. The van der Waals surface area contributed by atoms with Crippen LogP contribution in [0.5, 0.6) is 17.2 Å². The molecule has 2 heterocycles. The van der Waals surface area contributed by atoms with Crippen LogP contribution in [-0.4, -0.2) is 66.0 Å². The smallest absolute Gasteiger partial charge is 0.162 e. The second kappa shape index (κ2) is 9.36. The minimum Gasteiger partial charge on any atom is -0.508 e. The average molecular weight is 425 g/mol. The Morgan fingerprint density at radius 3 is 2.77 bits per heavy atom. The molecule has 8 nitrogen and oxygen atoms in total. The standard InChI is InChI=1S/C23H28N4O4/c1-15(13-27-7-9-30-10-8-27)31-22-11-17-19(12-21(22)29-3)24-14-25-23(17)26-18-5-4-6-20(28)16(18)2/h4-6,11-12,14-15,28H,7-10,13H2,1-3H3,(H,24,25,26). The summed E-state index contributed by atoms with van der Waals surface area (Å²) in [4.78, 5) is 11.1. The molecule has 0 bridgehead atoms. The fourth-order valence-electron chi connectivity index (χ4n) is 3.70. The molecule has 1 atom stereocenters. The van der Waals surface area contributed by atoms with Crippen molar-refractivity contribution < 1.29 is 19.3 Å². The molecule has 8 heteroatoms. The van der Waals surface area contributed by atoms with Crippen LogP contribution >= 0.6 is 0 Å². The number of rotatable bonds is 7. The fraction of sp³-hybridized carbons (Fsp3) is 0.391. The molecule has 1 fully saturated rings. The van der Waals surface area contributed by atoms with E-state index in [-0.39, 0.29) is 11.9 Å². The summed E-state index contributed by atoms with van der Waals surface area (Å²) < 4.78 is 17.3. The maximum Gasteiger partial charge on any atom is 0.162 e. The summed E-state index contributed by atoms with van der Waals surface area (Å²) in [6.07, 6.45) is 1.47. The van der Waals surface area contributed by atoms with Crippen molar-refractivity contribution in [2.24, 2.45) is 0 Å². The van der Waals surface area contributed by atoms with E-state index in [0.717, 1.165) is 55.0 Å². The summed E-state index contributed by atoms with van der Waals surface area (Å²) in [7, 11) is 1.62. The maximum atomic E-state index is 10.0. The molecule has 0 spiro atoms. The number of hydrogen-bond acceptors (Lipinski definition) is 8. The van der Waals surface area contributed by atoms with E-state index in [9.17, 15) is 5.11 Å². The number of fused-ring (bicyclic) bond motifs is 1. The van der Waals surface area contributed by atoms with Gasteiger partial charge in [-0.3, -0.25) is 4.90 Å². The largest absolute Gasteiger partial charge is 0.508 e. The lowest BCUT2D eigenvalue weighted by Gasteiger charge is -2.29. The number of aromatic nitrogens is 2. The number of nitrogens with zero attached hydrogens (tertiary/aromatic N) is 3. The number of ether oxygens (including phenoxy) is 3. The quantitative estimate of drug-likeness (QED) is 0.596. The fourth-order valence-corrected chi connectivity index (χ4v) is 3.70. The number of aromatic hydroxyl groups is 1. The van der Waals surface area contributed by atoms with Crippen LogP contribution in [0.3, 0.4) is 0 Å². The molecule has 4 rings (SSSR count). The van der Waals surface area contributed by atoms with Gasteiger partial charge in [0.05, 0.1) is 25.8 Å². The third kappa shape index (κ3) is 4.81.